The van der Waals surface area contributed by atoms with Crippen molar-refractivity contribution >= 4 is 27.0 Å². The summed E-state index contributed by atoms with van der Waals surface area (Å²) in [5.41, 5.74) is 3.32. The van der Waals surface area contributed by atoms with Gasteiger partial charge in [0, 0.05) is 47.2 Å². The average Bonchev–Trinajstić information content (AvgIpc) is 2.95. The molecule has 1 amide bonds. The zero-order valence-electron chi connectivity index (χ0n) is 23.5. The van der Waals surface area contributed by atoms with Crippen molar-refractivity contribution in [3.63, 3.8) is 0 Å². The van der Waals surface area contributed by atoms with Gasteiger partial charge in [-0.25, -0.2) is 18.1 Å². The van der Waals surface area contributed by atoms with Crippen LogP contribution in [0.3, 0.4) is 0 Å². The van der Waals surface area contributed by atoms with Gasteiger partial charge in [0.05, 0.1) is 11.6 Å². The summed E-state index contributed by atoms with van der Waals surface area (Å²) in [5, 5.41) is 3.87. The lowest BCUT2D eigenvalue weighted by molar-refractivity contribution is -0.0347. The number of sulfonamides is 1. The van der Waals surface area contributed by atoms with E-state index in [4.69, 9.17) is 0 Å². The highest BCUT2D eigenvalue weighted by atomic mass is 32.2. The fourth-order valence-electron chi connectivity index (χ4n) is 8.13. The Morgan fingerprint density at radius 3 is 2.38 bits per heavy atom. The van der Waals surface area contributed by atoms with Crippen LogP contribution in [0.15, 0.2) is 83.9 Å². The molecule has 8 rings (SSSR count). The molecule has 0 aliphatic heterocycles. The Bertz CT molecular complexity index is 1820. The number of nitrogens with zero attached hydrogens (tertiary/aromatic N) is 2. The van der Waals surface area contributed by atoms with Gasteiger partial charge >= 0.3 is 0 Å². The van der Waals surface area contributed by atoms with Crippen molar-refractivity contribution in [2.24, 2.45) is 17.8 Å². The van der Waals surface area contributed by atoms with E-state index in [1.54, 1.807) is 12.3 Å². The third-order valence-electron chi connectivity index (χ3n) is 9.45. The van der Waals surface area contributed by atoms with E-state index in [2.05, 4.69) is 15.0 Å². The minimum atomic E-state index is -3.29. The highest BCUT2D eigenvalue weighted by Gasteiger charge is 2.56. The Hall–Kier alpha value is -3.82. The predicted octanol–water partition coefficient (Wildman–Crippen LogP) is 4.20. The van der Waals surface area contributed by atoms with Gasteiger partial charge in [-0.3, -0.25) is 9.59 Å². The maximum atomic E-state index is 13.4. The van der Waals surface area contributed by atoms with Crippen LogP contribution in [0.1, 0.15) is 53.6 Å². The summed E-state index contributed by atoms with van der Waals surface area (Å²) in [4.78, 5) is 31.2. The molecule has 0 saturated heterocycles. The van der Waals surface area contributed by atoms with Crippen molar-refractivity contribution in [1.82, 2.24) is 19.6 Å². The Kier molecular flexibility index (Phi) is 6.55. The maximum Gasteiger partial charge on any atom is 0.251 e. The van der Waals surface area contributed by atoms with E-state index in [0.717, 1.165) is 43.4 Å². The lowest BCUT2D eigenvalue weighted by Crippen LogP contribution is -2.66. The minimum Gasteiger partial charge on any atom is -0.349 e. The molecule has 2 aromatic carbocycles. The number of rotatable bonds is 7. The van der Waals surface area contributed by atoms with Gasteiger partial charge in [0.25, 0.3) is 5.91 Å². The van der Waals surface area contributed by atoms with Gasteiger partial charge in [-0.15, -0.1) is 0 Å². The first-order chi connectivity index (χ1) is 20.2. The van der Waals surface area contributed by atoms with Gasteiger partial charge < -0.3 is 9.88 Å². The summed E-state index contributed by atoms with van der Waals surface area (Å²) in [5.74, 6) is 0.972. The van der Waals surface area contributed by atoms with Crippen LogP contribution in [0.5, 0.6) is 0 Å². The summed E-state index contributed by atoms with van der Waals surface area (Å²) in [6, 6.07) is 21.0. The molecule has 5 atom stereocenters. The number of pyridine rings is 2. The Labute approximate surface area is 245 Å². The second-order valence-electron chi connectivity index (χ2n) is 12.6. The zero-order valence-corrected chi connectivity index (χ0v) is 24.3. The summed E-state index contributed by atoms with van der Waals surface area (Å²) in [6.07, 6.45) is 9.76. The first-order valence-electron chi connectivity index (χ1n) is 14.6. The molecule has 42 heavy (non-hydrogen) atoms. The summed E-state index contributed by atoms with van der Waals surface area (Å²) in [6.45, 7) is 0. The van der Waals surface area contributed by atoms with Crippen LogP contribution >= 0.6 is 0 Å². The van der Waals surface area contributed by atoms with Gasteiger partial charge in [0.15, 0.2) is 5.43 Å². The number of hydrogen-bond donors (Lipinski definition) is 2. The van der Waals surface area contributed by atoms with Crippen LogP contribution in [0.4, 0.5) is 0 Å². The van der Waals surface area contributed by atoms with Gasteiger partial charge in [-0.05, 0) is 91.8 Å². The van der Waals surface area contributed by atoms with E-state index in [1.807, 2.05) is 71.4 Å². The highest BCUT2D eigenvalue weighted by Crippen LogP contribution is 2.56. The fourth-order valence-corrected chi connectivity index (χ4v) is 9.17. The number of aromatic nitrogens is 2. The van der Waals surface area contributed by atoms with Crippen LogP contribution in [0.2, 0.25) is 0 Å². The van der Waals surface area contributed by atoms with Gasteiger partial charge in [0.1, 0.15) is 5.65 Å². The summed E-state index contributed by atoms with van der Waals surface area (Å²) < 4.78 is 29.0. The van der Waals surface area contributed by atoms with Crippen molar-refractivity contribution in [3.8, 4) is 5.69 Å². The Balaban J connectivity index is 1.09. The van der Waals surface area contributed by atoms with Crippen LogP contribution in [0.25, 0.3) is 16.7 Å². The number of nitrogens with one attached hydrogen (secondary N) is 2. The van der Waals surface area contributed by atoms with Crippen molar-refractivity contribution in [2.45, 2.75) is 50.1 Å². The smallest absolute Gasteiger partial charge is 0.251 e. The number of amides is 1. The molecule has 2 heterocycles. The van der Waals surface area contributed by atoms with E-state index < -0.39 is 10.0 Å². The molecule has 4 aromatic rings. The number of benzene rings is 2. The standard InChI is InChI=1S/C33H34N4O4S/c1-42(40,41)36-33-17-22-15-24(18-33)29(25(16-22)19-33)35-32(39)23-11-9-21(10-12-23)14-26-20-37(27-6-3-2-4-7-27)31-28(30(26)38)8-5-13-34-31/h2-13,20,22,24-25,29,36H,14-19H2,1H3,(H,35,39)/t22-,24-,25+,29-,33-. The number of hydrogen-bond acceptors (Lipinski definition) is 5. The molecule has 2 aromatic heterocycles. The quantitative estimate of drug-likeness (QED) is 0.339. The molecule has 4 bridgehead atoms. The zero-order chi connectivity index (χ0) is 29.1. The molecule has 4 saturated carbocycles. The number of fused-ring (bicyclic) bond motifs is 1. The lowest BCUT2D eigenvalue weighted by Gasteiger charge is -2.59. The van der Waals surface area contributed by atoms with Crippen molar-refractivity contribution in [1.29, 1.82) is 0 Å². The van der Waals surface area contributed by atoms with Crippen LogP contribution in [-0.4, -0.2) is 41.7 Å². The lowest BCUT2D eigenvalue weighted by atomic mass is 9.51. The second-order valence-corrected chi connectivity index (χ2v) is 14.3. The first kappa shape index (κ1) is 27.0. The van der Waals surface area contributed by atoms with E-state index >= 15 is 0 Å². The van der Waals surface area contributed by atoms with E-state index in [1.165, 1.54) is 6.26 Å². The van der Waals surface area contributed by atoms with Crippen molar-refractivity contribution in [3.05, 3.63) is 106 Å². The first-order valence-corrected chi connectivity index (χ1v) is 16.5. The average molecular weight is 583 g/mol. The molecule has 2 N–H and O–H groups in total. The number of carbonyl (C=O) groups excluding carboxylic acids is 1. The molecule has 4 fully saturated rings. The fraction of sp³-hybridized carbons (Fsp3) is 0.364. The van der Waals surface area contributed by atoms with Crippen LogP contribution < -0.4 is 15.5 Å². The second kappa shape index (κ2) is 10.2. The maximum absolute atomic E-state index is 13.4. The summed E-state index contributed by atoms with van der Waals surface area (Å²) in [7, 11) is -3.29. The SMILES string of the molecule is CS(=O)(=O)N[C@]12C[C@@H]3C[C@H](C1)[C@@H](NC(=O)c1ccc(Cc4cn(-c5ccccc5)c5ncccc5c4=O)cc1)[C@@H](C3)C2. The van der Waals surface area contributed by atoms with E-state index in [9.17, 15) is 18.0 Å². The number of para-hydroxylation sites is 1. The molecule has 9 heteroatoms. The monoisotopic (exact) mass is 582 g/mol. The third kappa shape index (κ3) is 5.05. The van der Waals surface area contributed by atoms with Crippen molar-refractivity contribution in [2.75, 3.05) is 6.26 Å². The molecule has 8 nitrogen and oxygen atoms in total. The Morgan fingerprint density at radius 1 is 0.976 bits per heavy atom. The molecule has 0 spiro atoms. The molecule has 0 radical (unpaired) electrons. The summed E-state index contributed by atoms with van der Waals surface area (Å²) >= 11 is 0. The molecule has 0 unspecified atom stereocenters. The van der Waals surface area contributed by atoms with Gasteiger partial charge in [-0.2, -0.15) is 0 Å². The molecule has 4 aliphatic rings. The van der Waals surface area contributed by atoms with Gasteiger partial charge in [0.2, 0.25) is 10.0 Å². The van der Waals surface area contributed by atoms with E-state index in [-0.39, 0.29) is 34.8 Å². The largest absolute Gasteiger partial charge is 0.349 e. The molecule has 4 aliphatic carbocycles. The molecular formula is C33H34N4O4S. The highest BCUT2D eigenvalue weighted by molar-refractivity contribution is 7.88. The van der Waals surface area contributed by atoms with Crippen molar-refractivity contribution < 1.29 is 13.2 Å². The topological polar surface area (TPSA) is 110 Å². The molecular weight excluding hydrogens is 548 g/mol. The Morgan fingerprint density at radius 2 is 1.69 bits per heavy atom. The number of carbonyl (C=O) groups is 1. The predicted molar refractivity (Wildman–Crippen MR) is 162 cm³/mol. The van der Waals surface area contributed by atoms with Gasteiger partial charge in [-0.1, -0.05) is 30.3 Å². The normalized spacial score (nSPS) is 26.4. The van der Waals surface area contributed by atoms with Crippen LogP contribution in [-0.2, 0) is 16.4 Å². The third-order valence-corrected chi connectivity index (χ3v) is 10.3. The van der Waals surface area contributed by atoms with Crippen LogP contribution in [0, 0.1) is 17.8 Å². The minimum absolute atomic E-state index is 0.0443. The van der Waals surface area contributed by atoms with E-state index in [0.29, 0.717) is 34.5 Å². The molecule has 216 valence electrons.